The quantitative estimate of drug-likeness (QED) is 0.584. The number of amides is 1. The topological polar surface area (TPSA) is 66.4 Å². The zero-order valence-corrected chi connectivity index (χ0v) is 22.4. The molecule has 2 aromatic carbocycles. The first-order valence-corrected chi connectivity index (χ1v) is 13.3. The van der Waals surface area contributed by atoms with Crippen molar-refractivity contribution in [1.82, 2.24) is 5.32 Å². The van der Waals surface area contributed by atoms with E-state index in [0.717, 1.165) is 42.2 Å². The zero-order valence-electron chi connectivity index (χ0n) is 22.4. The molecule has 7 nitrogen and oxygen atoms in total. The van der Waals surface area contributed by atoms with Gasteiger partial charge in [0, 0.05) is 19.3 Å². The van der Waals surface area contributed by atoms with Crippen LogP contribution in [0.15, 0.2) is 59.1 Å². The van der Waals surface area contributed by atoms with Crippen molar-refractivity contribution in [3.8, 4) is 0 Å². The number of likely N-dealkylation sites (N-methyl/N-ethyl adjacent to an activating group) is 1. The third kappa shape index (κ3) is 2.98. The Morgan fingerprint density at radius 3 is 2.70 bits per heavy atom. The molecule has 0 fully saturated rings. The van der Waals surface area contributed by atoms with E-state index >= 15 is 0 Å². The minimum Gasteiger partial charge on any atom is -0.481 e. The van der Waals surface area contributed by atoms with E-state index in [0.29, 0.717) is 13.2 Å². The van der Waals surface area contributed by atoms with E-state index in [-0.39, 0.29) is 18.3 Å². The van der Waals surface area contributed by atoms with E-state index in [2.05, 4.69) is 67.5 Å². The summed E-state index contributed by atoms with van der Waals surface area (Å²) < 4.78 is 11.9. The number of rotatable bonds is 2. The molecule has 0 unspecified atom stereocenters. The third-order valence-corrected chi connectivity index (χ3v) is 8.82. The van der Waals surface area contributed by atoms with Gasteiger partial charge >= 0.3 is 6.09 Å². The summed E-state index contributed by atoms with van der Waals surface area (Å²) in [6.45, 7) is 8.36. The first-order valence-electron chi connectivity index (χ1n) is 13.3. The summed E-state index contributed by atoms with van der Waals surface area (Å²) in [5.41, 5.74) is 5.96. The van der Waals surface area contributed by atoms with Crippen LogP contribution in [0.1, 0.15) is 56.3 Å². The van der Waals surface area contributed by atoms with Gasteiger partial charge in [-0.25, -0.2) is 4.79 Å². The molecule has 7 heteroatoms. The lowest BCUT2D eigenvalue weighted by Gasteiger charge is -2.57. The Kier molecular flexibility index (Phi) is 5.60. The lowest BCUT2D eigenvalue weighted by atomic mass is 9.51. The first-order chi connectivity index (χ1) is 17.9. The molecule has 2 spiro atoms. The summed E-state index contributed by atoms with van der Waals surface area (Å²) in [5, 5.41) is 3.83. The largest absolute Gasteiger partial charge is 0.481 e. The maximum Gasteiger partial charge on any atom is 0.415 e. The molecule has 2 aromatic rings. The number of ether oxygens (including phenoxy) is 2. The van der Waals surface area contributed by atoms with Crippen LogP contribution in [-0.2, 0) is 20.3 Å². The number of carbonyl (C=O) groups excluding carboxylic acids is 1. The van der Waals surface area contributed by atoms with Crippen molar-refractivity contribution in [1.29, 1.82) is 0 Å². The molecule has 0 radical (unpaired) electrons. The molecule has 4 aliphatic rings. The normalized spacial score (nSPS) is 29.2. The van der Waals surface area contributed by atoms with Crippen LogP contribution in [0.2, 0.25) is 0 Å². The van der Waals surface area contributed by atoms with Gasteiger partial charge in [-0.05, 0) is 69.0 Å². The van der Waals surface area contributed by atoms with Crippen LogP contribution >= 0.6 is 0 Å². The second kappa shape index (κ2) is 8.62. The zero-order chi connectivity index (χ0) is 25.9. The fraction of sp³-hybridized carbons (Fsp3) is 0.467. The van der Waals surface area contributed by atoms with Gasteiger partial charge in [0.2, 0.25) is 0 Å². The van der Waals surface area contributed by atoms with Gasteiger partial charge in [0.15, 0.2) is 5.90 Å². The minimum absolute atomic E-state index is 0.0844. The van der Waals surface area contributed by atoms with E-state index in [9.17, 15) is 4.79 Å². The lowest BCUT2D eigenvalue weighted by molar-refractivity contribution is 0.146. The third-order valence-electron chi connectivity index (χ3n) is 8.82. The molecule has 0 aromatic heterocycles. The van der Waals surface area contributed by atoms with Crippen molar-refractivity contribution in [3.63, 3.8) is 0 Å². The average molecular weight is 501 g/mol. The molecule has 4 atom stereocenters. The predicted molar refractivity (Wildman–Crippen MR) is 147 cm³/mol. The van der Waals surface area contributed by atoms with Gasteiger partial charge < -0.3 is 19.7 Å². The van der Waals surface area contributed by atoms with Gasteiger partial charge in [0.05, 0.1) is 36.3 Å². The summed E-state index contributed by atoms with van der Waals surface area (Å²) in [4.78, 5) is 22.8. The van der Waals surface area contributed by atoms with Crippen molar-refractivity contribution in [2.24, 2.45) is 4.99 Å². The number of para-hydroxylation sites is 1. The molecule has 37 heavy (non-hydrogen) atoms. The number of nitrogens with zero attached hydrogens (tertiary/aromatic N) is 3. The molecule has 6 rings (SSSR count). The number of anilines is 2. The second-order valence-corrected chi connectivity index (χ2v) is 10.8. The van der Waals surface area contributed by atoms with Crippen molar-refractivity contribution >= 4 is 23.4 Å². The maximum absolute atomic E-state index is 13.6. The highest BCUT2D eigenvalue weighted by atomic mass is 16.5. The van der Waals surface area contributed by atoms with Crippen molar-refractivity contribution in [2.75, 3.05) is 43.7 Å². The SMILES string of the molecule is CCOC1=NCC[C@]12c1ccccc1N(C(=O)OC)[C@@H]1N(C)c3cccc4c3[C@@]12CCN[C@@H]4C=C(C)C. The number of hydrogen-bond donors (Lipinski definition) is 1. The van der Waals surface area contributed by atoms with Crippen LogP contribution in [0.4, 0.5) is 16.2 Å². The summed E-state index contributed by atoms with van der Waals surface area (Å²) in [7, 11) is 3.58. The second-order valence-electron chi connectivity index (χ2n) is 10.8. The van der Waals surface area contributed by atoms with Crippen LogP contribution < -0.4 is 15.1 Å². The van der Waals surface area contributed by atoms with Gasteiger partial charge in [-0.2, -0.15) is 0 Å². The summed E-state index contributed by atoms with van der Waals surface area (Å²) in [6.07, 6.45) is 3.34. The van der Waals surface area contributed by atoms with E-state index in [4.69, 9.17) is 14.5 Å². The molecule has 1 N–H and O–H groups in total. The number of carbonyl (C=O) groups is 1. The van der Waals surface area contributed by atoms with Crippen LogP contribution in [0.25, 0.3) is 0 Å². The highest BCUT2D eigenvalue weighted by Crippen LogP contribution is 2.66. The van der Waals surface area contributed by atoms with Gasteiger partial charge in [-0.1, -0.05) is 42.0 Å². The van der Waals surface area contributed by atoms with E-state index in [1.165, 1.54) is 23.8 Å². The number of fused-ring (bicyclic) bond motifs is 2. The summed E-state index contributed by atoms with van der Waals surface area (Å²) in [5.74, 6) is 0.800. The Balaban J connectivity index is 1.76. The Morgan fingerprint density at radius 1 is 1.16 bits per heavy atom. The number of allylic oxidation sites excluding steroid dienone is 1. The molecular weight excluding hydrogens is 464 g/mol. The number of methoxy groups -OCH3 is 1. The highest BCUT2D eigenvalue weighted by molar-refractivity contribution is 6.02. The van der Waals surface area contributed by atoms with Crippen molar-refractivity contribution in [3.05, 3.63) is 70.8 Å². The minimum atomic E-state index is -0.508. The van der Waals surface area contributed by atoms with Crippen LogP contribution in [-0.4, -0.2) is 52.0 Å². The Hall–Kier alpha value is -3.32. The Morgan fingerprint density at radius 2 is 1.95 bits per heavy atom. The number of benzene rings is 2. The molecule has 0 saturated carbocycles. The monoisotopic (exact) mass is 500 g/mol. The maximum atomic E-state index is 13.6. The number of nitrogens with one attached hydrogen (secondary N) is 1. The molecule has 194 valence electrons. The van der Waals surface area contributed by atoms with Crippen LogP contribution in [0.3, 0.4) is 0 Å². The van der Waals surface area contributed by atoms with Gasteiger partial charge in [0.25, 0.3) is 0 Å². The Labute approximate surface area is 219 Å². The summed E-state index contributed by atoms with van der Waals surface area (Å²) >= 11 is 0. The van der Waals surface area contributed by atoms with Gasteiger partial charge in [-0.15, -0.1) is 0 Å². The highest BCUT2D eigenvalue weighted by Gasteiger charge is 2.72. The average Bonchev–Trinajstić information content (AvgIpc) is 3.37. The fourth-order valence-electron chi connectivity index (χ4n) is 7.75. The molecule has 4 aliphatic heterocycles. The molecule has 0 aliphatic carbocycles. The number of aliphatic imine (C=N–C) groups is 1. The fourth-order valence-corrected chi connectivity index (χ4v) is 7.75. The Bertz CT molecular complexity index is 1320. The molecular formula is C30H36N4O3. The van der Waals surface area contributed by atoms with Crippen LogP contribution in [0.5, 0.6) is 0 Å². The molecule has 4 heterocycles. The van der Waals surface area contributed by atoms with Crippen LogP contribution in [0, 0.1) is 0 Å². The summed E-state index contributed by atoms with van der Waals surface area (Å²) in [6, 6.07) is 15.0. The predicted octanol–water partition coefficient (Wildman–Crippen LogP) is 5.06. The van der Waals surface area contributed by atoms with Crippen molar-refractivity contribution < 1.29 is 14.3 Å². The number of hydrogen-bond acceptors (Lipinski definition) is 6. The van der Waals surface area contributed by atoms with E-state index < -0.39 is 10.8 Å². The van der Waals surface area contributed by atoms with E-state index in [1.54, 1.807) is 0 Å². The molecule has 0 bridgehead atoms. The van der Waals surface area contributed by atoms with Gasteiger partial charge in [0.1, 0.15) is 6.17 Å². The van der Waals surface area contributed by atoms with E-state index in [1.807, 2.05) is 24.0 Å². The van der Waals surface area contributed by atoms with Crippen molar-refractivity contribution in [2.45, 2.75) is 56.7 Å². The van der Waals surface area contributed by atoms with Gasteiger partial charge in [-0.3, -0.25) is 9.89 Å². The molecule has 0 saturated heterocycles. The first kappa shape index (κ1) is 24.0. The lowest BCUT2D eigenvalue weighted by Crippen LogP contribution is -2.70. The smallest absolute Gasteiger partial charge is 0.415 e. The molecule has 1 amide bonds. The standard InChI is InChI=1S/C30H36N4O3/c1-6-37-26-29(14-17-32-26)21-11-7-8-12-23(21)34(28(35)36-5)27-30(29)15-16-31-22(18-19(2)3)20-10-9-13-24(25(20)30)33(27)4/h7-13,18,22,27,31H,6,14-17H2,1-5H3/t22-,27+,29+,30+/m1/s1.